The average molecular weight is 466 g/mol. The molecule has 0 saturated carbocycles. The first-order valence-corrected chi connectivity index (χ1v) is 11.2. The maximum absolute atomic E-state index is 14.9. The molecule has 2 aromatic rings. The van der Waals surface area contributed by atoms with Crippen molar-refractivity contribution in [2.24, 2.45) is 5.92 Å². The summed E-state index contributed by atoms with van der Waals surface area (Å²) < 4.78 is 31.0. The number of halogens is 1. The Morgan fingerprint density at radius 1 is 1.12 bits per heavy atom. The molecule has 7 heteroatoms. The smallest absolute Gasteiger partial charge is 0.315 e. The van der Waals surface area contributed by atoms with Crippen molar-refractivity contribution in [3.63, 3.8) is 0 Å². The zero-order valence-corrected chi connectivity index (χ0v) is 19.5. The van der Waals surface area contributed by atoms with Crippen molar-refractivity contribution in [1.29, 1.82) is 0 Å². The summed E-state index contributed by atoms with van der Waals surface area (Å²) in [7, 11) is 3.13. The second kappa shape index (κ2) is 9.71. The van der Waals surface area contributed by atoms with Crippen molar-refractivity contribution in [2.45, 2.75) is 31.6 Å². The zero-order chi connectivity index (χ0) is 24.4. The number of hydrogen-bond donors (Lipinski definition) is 1. The molecule has 4 rings (SSSR count). The van der Waals surface area contributed by atoms with Gasteiger partial charge in [-0.3, -0.25) is 9.59 Å². The summed E-state index contributed by atoms with van der Waals surface area (Å²) in [4.78, 5) is 26.5. The van der Waals surface area contributed by atoms with Crippen LogP contribution >= 0.6 is 0 Å². The molecule has 0 radical (unpaired) electrons. The number of hydrogen-bond acceptors (Lipinski definition) is 6. The Morgan fingerprint density at radius 2 is 1.85 bits per heavy atom. The van der Waals surface area contributed by atoms with Gasteiger partial charge in [0.2, 0.25) is 0 Å². The second-order valence-corrected chi connectivity index (χ2v) is 8.41. The highest BCUT2D eigenvalue weighted by Crippen LogP contribution is 2.48. The molecule has 0 saturated heterocycles. The highest BCUT2D eigenvalue weighted by Gasteiger charge is 2.46. The Kier molecular flexibility index (Phi) is 6.72. The van der Waals surface area contributed by atoms with E-state index in [-0.39, 0.29) is 30.3 Å². The maximum atomic E-state index is 14.9. The highest BCUT2D eigenvalue weighted by atomic mass is 19.1. The number of rotatable bonds is 6. The Labute approximate surface area is 198 Å². The SMILES string of the molecule is C=C1NC2=C(C(=O)CC(c3ccc(OC)c(OC)c3)C2)C(c2ccccc2F)C1C(=O)OCC. The fourth-order valence-electron chi connectivity index (χ4n) is 4.96. The first-order valence-electron chi connectivity index (χ1n) is 11.2. The summed E-state index contributed by atoms with van der Waals surface area (Å²) in [5.74, 6) is -1.78. The lowest BCUT2D eigenvalue weighted by Crippen LogP contribution is -2.42. The molecular weight excluding hydrogens is 437 g/mol. The van der Waals surface area contributed by atoms with Gasteiger partial charge in [-0.2, -0.15) is 0 Å². The lowest BCUT2D eigenvalue weighted by atomic mass is 9.69. The molecule has 0 fully saturated rings. The Bertz CT molecular complexity index is 1170. The number of nitrogens with one attached hydrogen (secondary N) is 1. The topological polar surface area (TPSA) is 73.9 Å². The van der Waals surface area contributed by atoms with Crippen LogP contribution in [0.4, 0.5) is 4.39 Å². The number of esters is 1. The monoisotopic (exact) mass is 465 g/mol. The molecule has 1 aliphatic heterocycles. The molecule has 6 nitrogen and oxygen atoms in total. The third-order valence-electron chi connectivity index (χ3n) is 6.50. The van der Waals surface area contributed by atoms with Crippen LogP contribution < -0.4 is 14.8 Å². The largest absolute Gasteiger partial charge is 0.493 e. The van der Waals surface area contributed by atoms with Crippen LogP contribution in [0.1, 0.15) is 42.7 Å². The number of carbonyl (C=O) groups is 2. The molecule has 0 aromatic heterocycles. The summed E-state index contributed by atoms with van der Waals surface area (Å²) in [6, 6.07) is 11.8. The molecule has 3 unspecified atom stereocenters. The predicted molar refractivity (Wildman–Crippen MR) is 125 cm³/mol. The van der Waals surface area contributed by atoms with E-state index in [9.17, 15) is 14.0 Å². The van der Waals surface area contributed by atoms with Crippen LogP contribution in [0.15, 0.2) is 66.0 Å². The van der Waals surface area contributed by atoms with E-state index in [2.05, 4.69) is 11.9 Å². The van der Waals surface area contributed by atoms with Gasteiger partial charge in [0.1, 0.15) is 11.7 Å². The summed E-state index contributed by atoms with van der Waals surface area (Å²) in [6.07, 6.45) is 0.735. The zero-order valence-electron chi connectivity index (χ0n) is 19.5. The first-order chi connectivity index (χ1) is 16.4. The molecule has 2 aromatic carbocycles. The van der Waals surface area contributed by atoms with E-state index in [0.717, 1.165) is 5.56 Å². The van der Waals surface area contributed by atoms with Crippen molar-refractivity contribution in [1.82, 2.24) is 5.32 Å². The minimum Gasteiger partial charge on any atom is -0.493 e. The number of allylic oxidation sites excluding steroid dienone is 2. The molecule has 1 heterocycles. The van der Waals surface area contributed by atoms with Crippen molar-refractivity contribution >= 4 is 11.8 Å². The van der Waals surface area contributed by atoms with Gasteiger partial charge in [0.15, 0.2) is 17.3 Å². The molecule has 34 heavy (non-hydrogen) atoms. The molecule has 1 N–H and O–H groups in total. The van der Waals surface area contributed by atoms with E-state index in [0.29, 0.717) is 34.9 Å². The minimum absolute atomic E-state index is 0.119. The number of benzene rings is 2. The summed E-state index contributed by atoms with van der Waals surface area (Å²) >= 11 is 0. The van der Waals surface area contributed by atoms with E-state index in [4.69, 9.17) is 14.2 Å². The number of carbonyl (C=O) groups excluding carboxylic acids is 2. The molecule has 178 valence electrons. The standard InChI is InChI=1S/C27H28FNO5/c1-5-34-27(31)24-15(2)29-20-12-17(16-10-11-22(32-3)23(14-16)33-4)13-21(30)26(20)25(24)18-8-6-7-9-19(18)28/h6-11,14,17,24-25,29H,2,5,12-13H2,1,3-4H3. The number of Topliss-reactive ketones (excluding diaryl/α,β-unsaturated/α-hetero) is 1. The van der Waals surface area contributed by atoms with Gasteiger partial charge in [0.05, 0.1) is 20.8 Å². The van der Waals surface area contributed by atoms with Crippen LogP contribution in [0.2, 0.25) is 0 Å². The van der Waals surface area contributed by atoms with Crippen LogP contribution in [-0.4, -0.2) is 32.6 Å². The lowest BCUT2D eigenvalue weighted by Gasteiger charge is -2.40. The fraction of sp³-hybridized carbons (Fsp3) is 0.333. The Balaban J connectivity index is 1.78. The van der Waals surface area contributed by atoms with Gasteiger partial charge in [0, 0.05) is 29.3 Å². The van der Waals surface area contributed by atoms with E-state index in [1.54, 1.807) is 39.3 Å². The quantitative estimate of drug-likeness (QED) is 0.628. The number of ketones is 1. The molecular formula is C27H28FNO5. The molecule has 0 amide bonds. The van der Waals surface area contributed by atoms with E-state index in [1.807, 2.05) is 18.2 Å². The molecule has 0 bridgehead atoms. The van der Waals surface area contributed by atoms with E-state index in [1.165, 1.54) is 6.07 Å². The fourth-order valence-corrected chi connectivity index (χ4v) is 4.96. The number of ether oxygens (including phenoxy) is 3. The van der Waals surface area contributed by atoms with Crippen LogP contribution in [0.25, 0.3) is 0 Å². The lowest BCUT2D eigenvalue weighted by molar-refractivity contribution is -0.147. The van der Waals surface area contributed by atoms with Gasteiger partial charge in [-0.1, -0.05) is 30.8 Å². The van der Waals surface area contributed by atoms with Gasteiger partial charge in [-0.05, 0) is 48.6 Å². The van der Waals surface area contributed by atoms with Crippen LogP contribution in [-0.2, 0) is 14.3 Å². The molecule has 3 atom stereocenters. The summed E-state index contributed by atoms with van der Waals surface area (Å²) in [6.45, 7) is 5.93. The van der Waals surface area contributed by atoms with Crippen molar-refractivity contribution in [3.05, 3.63) is 83.0 Å². The second-order valence-electron chi connectivity index (χ2n) is 8.41. The minimum atomic E-state index is -0.905. The van der Waals surface area contributed by atoms with Crippen LogP contribution in [0, 0.1) is 11.7 Å². The summed E-state index contributed by atoms with van der Waals surface area (Å²) in [5, 5.41) is 3.19. The van der Waals surface area contributed by atoms with Gasteiger partial charge >= 0.3 is 5.97 Å². The summed E-state index contributed by atoms with van der Waals surface area (Å²) in [5.41, 5.74) is 2.70. The van der Waals surface area contributed by atoms with E-state index < -0.39 is 23.6 Å². The maximum Gasteiger partial charge on any atom is 0.315 e. The first kappa shape index (κ1) is 23.5. The van der Waals surface area contributed by atoms with Crippen molar-refractivity contribution < 1.29 is 28.2 Å². The average Bonchev–Trinajstić information content (AvgIpc) is 2.83. The van der Waals surface area contributed by atoms with Crippen LogP contribution in [0.3, 0.4) is 0 Å². The highest BCUT2D eigenvalue weighted by molar-refractivity contribution is 6.01. The molecule has 1 aliphatic carbocycles. The van der Waals surface area contributed by atoms with Gasteiger partial charge in [-0.15, -0.1) is 0 Å². The van der Waals surface area contributed by atoms with Gasteiger partial charge in [0.25, 0.3) is 0 Å². The van der Waals surface area contributed by atoms with Gasteiger partial charge < -0.3 is 19.5 Å². The Morgan fingerprint density at radius 3 is 2.53 bits per heavy atom. The third kappa shape index (κ3) is 4.18. The third-order valence-corrected chi connectivity index (χ3v) is 6.50. The van der Waals surface area contributed by atoms with Crippen LogP contribution in [0.5, 0.6) is 11.5 Å². The molecule has 2 aliphatic rings. The van der Waals surface area contributed by atoms with Crippen molar-refractivity contribution in [2.75, 3.05) is 20.8 Å². The Hall–Kier alpha value is -3.61. The normalized spacial score (nSPS) is 22.1. The number of methoxy groups -OCH3 is 2. The van der Waals surface area contributed by atoms with Gasteiger partial charge in [-0.25, -0.2) is 4.39 Å². The molecule has 0 spiro atoms. The predicted octanol–water partition coefficient (Wildman–Crippen LogP) is 4.62. The van der Waals surface area contributed by atoms with E-state index >= 15 is 0 Å². The van der Waals surface area contributed by atoms with Crippen molar-refractivity contribution in [3.8, 4) is 11.5 Å².